The predicted molar refractivity (Wildman–Crippen MR) is 140 cm³/mol. The molecule has 4 heteroatoms. The van der Waals surface area contributed by atoms with Crippen molar-refractivity contribution < 1.29 is 0 Å². The fourth-order valence-electron chi connectivity index (χ4n) is 3.96. The normalized spacial score (nSPS) is 11.4. The highest BCUT2D eigenvalue weighted by Gasteiger charge is 2.23. The SMILES string of the molecule is CC#Cc1cc2c(-c3cc(C)c(C)s3)c3sc(C)cc3c(-c3cc(C)c(C)s3)c2s1. The van der Waals surface area contributed by atoms with E-state index in [9.17, 15) is 0 Å². The van der Waals surface area contributed by atoms with Crippen LogP contribution in [0.3, 0.4) is 0 Å². The fourth-order valence-corrected chi connectivity index (χ4v) is 8.52. The molecule has 0 aliphatic rings. The summed E-state index contributed by atoms with van der Waals surface area (Å²) in [5.74, 6) is 6.43. The zero-order chi connectivity index (χ0) is 21.2. The van der Waals surface area contributed by atoms with Crippen molar-refractivity contribution in [2.24, 2.45) is 0 Å². The molecule has 0 fully saturated rings. The number of fused-ring (bicyclic) bond motifs is 2. The van der Waals surface area contributed by atoms with Crippen LogP contribution in [0.25, 0.3) is 41.1 Å². The van der Waals surface area contributed by atoms with Crippen molar-refractivity contribution in [2.75, 3.05) is 0 Å². The number of hydrogen-bond donors (Lipinski definition) is 0. The maximum atomic E-state index is 3.32. The summed E-state index contributed by atoms with van der Waals surface area (Å²) in [7, 11) is 0. The van der Waals surface area contributed by atoms with E-state index in [0.717, 1.165) is 4.88 Å². The molecule has 4 heterocycles. The van der Waals surface area contributed by atoms with E-state index in [1.807, 2.05) is 52.3 Å². The monoisotopic (exact) mass is 462 g/mol. The molecule has 4 aromatic heterocycles. The van der Waals surface area contributed by atoms with Gasteiger partial charge in [0.1, 0.15) is 0 Å². The third-order valence-electron chi connectivity index (χ3n) is 5.65. The van der Waals surface area contributed by atoms with E-state index in [1.54, 1.807) is 0 Å². The molecule has 0 saturated heterocycles. The lowest BCUT2D eigenvalue weighted by molar-refractivity contribution is 1.44. The van der Waals surface area contributed by atoms with Crippen LogP contribution in [0.4, 0.5) is 0 Å². The molecular weight excluding hydrogens is 441 g/mol. The Kier molecular flexibility index (Phi) is 4.91. The van der Waals surface area contributed by atoms with E-state index < -0.39 is 0 Å². The Bertz CT molecular complexity index is 1360. The molecule has 0 spiro atoms. The molecule has 0 bridgehead atoms. The van der Waals surface area contributed by atoms with Gasteiger partial charge in [0.2, 0.25) is 0 Å². The van der Waals surface area contributed by atoms with Gasteiger partial charge < -0.3 is 0 Å². The molecule has 0 nitrogen and oxygen atoms in total. The molecule has 5 aromatic rings. The minimum absolute atomic E-state index is 1.15. The molecule has 0 saturated carbocycles. The second-order valence-electron chi connectivity index (χ2n) is 7.78. The molecule has 0 unspecified atom stereocenters. The molecule has 5 rings (SSSR count). The van der Waals surface area contributed by atoms with Crippen molar-refractivity contribution in [1.29, 1.82) is 0 Å². The summed E-state index contributed by atoms with van der Waals surface area (Å²) in [5, 5.41) is 2.75. The Hall–Kier alpha value is -1.90. The quantitative estimate of drug-likeness (QED) is 0.229. The third-order valence-corrected chi connectivity index (χ3v) is 10.1. The van der Waals surface area contributed by atoms with Crippen molar-refractivity contribution >= 4 is 65.5 Å². The van der Waals surface area contributed by atoms with Crippen LogP contribution in [-0.2, 0) is 0 Å². The maximum absolute atomic E-state index is 3.32. The van der Waals surface area contributed by atoms with Crippen molar-refractivity contribution in [3.05, 3.63) is 54.9 Å². The molecule has 0 radical (unpaired) electrons. The molecule has 1 aromatic carbocycles. The second-order valence-corrected chi connectivity index (χ2v) is 12.6. The molecule has 0 atom stereocenters. The molecule has 30 heavy (non-hydrogen) atoms. The van der Waals surface area contributed by atoms with Gasteiger partial charge in [0, 0.05) is 55.7 Å². The third kappa shape index (κ3) is 3.08. The summed E-state index contributed by atoms with van der Waals surface area (Å²) >= 11 is 7.60. The summed E-state index contributed by atoms with van der Waals surface area (Å²) in [6.07, 6.45) is 0. The van der Waals surface area contributed by atoms with Crippen molar-refractivity contribution in [2.45, 2.75) is 41.5 Å². The number of benzene rings is 1. The molecule has 0 N–H and O–H groups in total. The summed E-state index contributed by atoms with van der Waals surface area (Å²) in [5.41, 5.74) is 5.55. The van der Waals surface area contributed by atoms with Gasteiger partial charge >= 0.3 is 0 Å². The lowest BCUT2D eigenvalue weighted by Gasteiger charge is -2.09. The van der Waals surface area contributed by atoms with Crippen LogP contribution >= 0.6 is 45.3 Å². The predicted octanol–water partition coefficient (Wildman–Crippen LogP) is 9.49. The fraction of sp³-hybridized carbons (Fsp3) is 0.231. The molecular formula is C26H22S4. The van der Waals surface area contributed by atoms with Gasteiger partial charge in [-0.2, -0.15) is 0 Å². The van der Waals surface area contributed by atoms with Gasteiger partial charge in [0.05, 0.1) is 4.88 Å². The highest BCUT2D eigenvalue weighted by molar-refractivity contribution is 7.24. The van der Waals surface area contributed by atoms with Crippen molar-refractivity contribution in [3.63, 3.8) is 0 Å². The summed E-state index contributed by atoms with van der Waals surface area (Å²) in [4.78, 5) is 8.07. The summed E-state index contributed by atoms with van der Waals surface area (Å²) in [6.45, 7) is 13.0. The Morgan fingerprint density at radius 1 is 0.633 bits per heavy atom. The van der Waals surface area contributed by atoms with Crippen molar-refractivity contribution in [1.82, 2.24) is 0 Å². The number of thiophene rings is 4. The zero-order valence-electron chi connectivity index (χ0n) is 17.9. The molecule has 0 aliphatic carbocycles. The summed E-state index contributed by atoms with van der Waals surface area (Å²) < 4.78 is 2.78. The first-order chi connectivity index (χ1) is 14.4. The van der Waals surface area contributed by atoms with Crippen LogP contribution in [0.5, 0.6) is 0 Å². The van der Waals surface area contributed by atoms with Crippen LogP contribution in [-0.4, -0.2) is 0 Å². The second kappa shape index (κ2) is 7.35. The van der Waals surface area contributed by atoms with Gasteiger partial charge in [-0.1, -0.05) is 5.92 Å². The Labute approximate surface area is 193 Å². The van der Waals surface area contributed by atoms with Crippen LogP contribution in [0.2, 0.25) is 0 Å². The average Bonchev–Trinajstić information content (AvgIpc) is 3.42. The van der Waals surface area contributed by atoms with Crippen LogP contribution in [0.15, 0.2) is 24.3 Å². The van der Waals surface area contributed by atoms with Gasteiger partial charge in [0.25, 0.3) is 0 Å². The topological polar surface area (TPSA) is 0 Å². The van der Waals surface area contributed by atoms with Crippen LogP contribution < -0.4 is 0 Å². The number of hydrogen-bond acceptors (Lipinski definition) is 4. The number of aryl methyl sites for hydroxylation is 5. The van der Waals surface area contributed by atoms with Gasteiger partial charge in [-0.3, -0.25) is 0 Å². The van der Waals surface area contributed by atoms with E-state index in [4.69, 9.17) is 0 Å². The maximum Gasteiger partial charge on any atom is 0.0781 e. The molecule has 0 amide bonds. The van der Waals surface area contributed by atoms with Crippen LogP contribution in [0, 0.1) is 46.5 Å². The van der Waals surface area contributed by atoms with E-state index >= 15 is 0 Å². The molecule has 0 aliphatic heterocycles. The van der Waals surface area contributed by atoms with E-state index in [-0.39, 0.29) is 0 Å². The van der Waals surface area contributed by atoms with E-state index in [1.165, 1.54) is 66.8 Å². The van der Waals surface area contributed by atoms with Gasteiger partial charge in [-0.05, 0) is 76.9 Å². The van der Waals surface area contributed by atoms with Gasteiger partial charge in [0.15, 0.2) is 0 Å². The first-order valence-electron chi connectivity index (χ1n) is 9.94. The Morgan fingerprint density at radius 2 is 1.17 bits per heavy atom. The first kappa shape index (κ1) is 20.0. The minimum atomic E-state index is 1.15. The number of rotatable bonds is 2. The largest absolute Gasteiger partial charge is 0.140 e. The Morgan fingerprint density at radius 3 is 1.67 bits per heavy atom. The van der Waals surface area contributed by atoms with Gasteiger partial charge in [-0.25, -0.2) is 0 Å². The van der Waals surface area contributed by atoms with Crippen LogP contribution in [0.1, 0.15) is 37.6 Å². The Balaban J connectivity index is 1.99. The highest BCUT2D eigenvalue weighted by Crippen LogP contribution is 2.51. The van der Waals surface area contributed by atoms with E-state index in [2.05, 4.69) is 70.7 Å². The lowest BCUT2D eigenvalue weighted by Crippen LogP contribution is -1.81. The smallest absolute Gasteiger partial charge is 0.0781 e. The van der Waals surface area contributed by atoms with Gasteiger partial charge in [-0.15, -0.1) is 51.3 Å². The summed E-state index contributed by atoms with van der Waals surface area (Å²) in [6, 6.07) is 9.44. The van der Waals surface area contributed by atoms with Crippen molar-refractivity contribution in [3.8, 4) is 32.7 Å². The lowest BCUT2D eigenvalue weighted by atomic mass is 9.99. The highest BCUT2D eigenvalue weighted by atomic mass is 32.1. The average molecular weight is 463 g/mol. The first-order valence-corrected chi connectivity index (χ1v) is 13.2. The minimum Gasteiger partial charge on any atom is -0.140 e. The standard InChI is InChI=1S/C26H22S4/c1-7-8-18-12-20-24(22-10-14(3)17(6)29-22)25-19(11-15(4)27-25)23(26(20)30-18)21-9-13(2)16(5)28-21/h9-12H,1-6H3. The van der Waals surface area contributed by atoms with E-state index in [0.29, 0.717) is 0 Å². The molecule has 150 valence electrons. The zero-order valence-corrected chi connectivity index (χ0v) is 21.2.